The maximum atomic E-state index is 12.3. The van der Waals surface area contributed by atoms with Crippen LogP contribution in [0, 0.1) is 0 Å². The van der Waals surface area contributed by atoms with E-state index in [1.165, 1.54) is 6.07 Å². The van der Waals surface area contributed by atoms with Gasteiger partial charge in [-0.1, -0.05) is 18.2 Å². The Labute approximate surface area is 109 Å². The van der Waals surface area contributed by atoms with E-state index in [0.717, 1.165) is 11.3 Å². The fourth-order valence-electron chi connectivity index (χ4n) is 2.28. The van der Waals surface area contributed by atoms with Gasteiger partial charge in [-0.15, -0.1) is 0 Å². The zero-order valence-corrected chi connectivity index (χ0v) is 10.3. The molecule has 1 N–H and O–H groups in total. The Morgan fingerprint density at radius 2 is 2.05 bits per heavy atom. The number of aromatic nitrogens is 2. The molecule has 19 heavy (non-hydrogen) atoms. The largest absolute Gasteiger partial charge is 0.334 e. The van der Waals surface area contributed by atoms with Crippen LogP contribution < -0.4 is 5.56 Å². The summed E-state index contributed by atoms with van der Waals surface area (Å²) in [6.45, 7) is 1.07. The van der Waals surface area contributed by atoms with Crippen molar-refractivity contribution < 1.29 is 4.79 Å². The van der Waals surface area contributed by atoms with Crippen molar-refractivity contribution in [3.05, 3.63) is 63.6 Å². The molecule has 0 atom stereocenters. The van der Waals surface area contributed by atoms with Gasteiger partial charge in [0.1, 0.15) is 0 Å². The van der Waals surface area contributed by atoms with Gasteiger partial charge in [0.25, 0.3) is 11.5 Å². The quantitative estimate of drug-likeness (QED) is 0.825. The summed E-state index contributed by atoms with van der Waals surface area (Å²) >= 11 is 0. The SMILES string of the molecule is O=C(c1ccccc1)N1CCc2n[nH]c(=O)cc2C1. The van der Waals surface area contributed by atoms with Crippen molar-refractivity contribution in [1.82, 2.24) is 15.1 Å². The lowest BCUT2D eigenvalue weighted by atomic mass is 10.1. The number of hydrogen-bond donors (Lipinski definition) is 1. The molecule has 0 aliphatic carbocycles. The van der Waals surface area contributed by atoms with E-state index in [1.54, 1.807) is 17.0 Å². The first-order valence-electron chi connectivity index (χ1n) is 6.16. The maximum absolute atomic E-state index is 12.3. The van der Waals surface area contributed by atoms with Gasteiger partial charge in [0, 0.05) is 36.7 Å². The van der Waals surface area contributed by atoms with Crippen LogP contribution in [0.5, 0.6) is 0 Å². The van der Waals surface area contributed by atoms with Crippen LogP contribution in [0.15, 0.2) is 41.2 Å². The molecule has 1 aliphatic rings. The fraction of sp³-hybridized carbons (Fsp3) is 0.214. The van der Waals surface area contributed by atoms with E-state index >= 15 is 0 Å². The number of rotatable bonds is 1. The molecule has 1 aromatic carbocycles. The van der Waals surface area contributed by atoms with E-state index in [0.29, 0.717) is 25.1 Å². The van der Waals surface area contributed by atoms with Gasteiger partial charge in [0.05, 0.1) is 5.69 Å². The van der Waals surface area contributed by atoms with Crippen molar-refractivity contribution in [3.63, 3.8) is 0 Å². The third-order valence-electron chi connectivity index (χ3n) is 3.26. The number of aromatic amines is 1. The van der Waals surface area contributed by atoms with E-state index in [1.807, 2.05) is 18.2 Å². The summed E-state index contributed by atoms with van der Waals surface area (Å²) in [6, 6.07) is 10.7. The third-order valence-corrected chi connectivity index (χ3v) is 3.26. The molecular weight excluding hydrogens is 242 g/mol. The van der Waals surface area contributed by atoms with Gasteiger partial charge >= 0.3 is 0 Å². The fourth-order valence-corrected chi connectivity index (χ4v) is 2.28. The molecule has 3 rings (SSSR count). The Morgan fingerprint density at radius 3 is 2.84 bits per heavy atom. The lowest BCUT2D eigenvalue weighted by Crippen LogP contribution is -2.37. The molecule has 1 amide bonds. The molecule has 5 heteroatoms. The van der Waals surface area contributed by atoms with E-state index in [-0.39, 0.29) is 11.5 Å². The molecular formula is C14H13N3O2. The summed E-state index contributed by atoms with van der Waals surface area (Å²) in [5.41, 5.74) is 2.15. The number of nitrogens with one attached hydrogen (secondary N) is 1. The summed E-state index contributed by atoms with van der Waals surface area (Å²) < 4.78 is 0. The molecule has 0 spiro atoms. The molecule has 1 aromatic heterocycles. The van der Waals surface area contributed by atoms with E-state index < -0.39 is 0 Å². The topological polar surface area (TPSA) is 66.1 Å². The van der Waals surface area contributed by atoms with Gasteiger partial charge in [-0.05, 0) is 12.1 Å². The third kappa shape index (κ3) is 2.27. The van der Waals surface area contributed by atoms with Crippen LogP contribution >= 0.6 is 0 Å². The molecule has 1 aliphatic heterocycles. The predicted molar refractivity (Wildman–Crippen MR) is 69.7 cm³/mol. The first-order chi connectivity index (χ1) is 9.24. The van der Waals surface area contributed by atoms with E-state index in [9.17, 15) is 9.59 Å². The number of benzene rings is 1. The Bertz CT molecular complexity index is 664. The zero-order valence-electron chi connectivity index (χ0n) is 10.3. The molecule has 0 saturated heterocycles. The highest BCUT2D eigenvalue weighted by Crippen LogP contribution is 2.17. The molecule has 96 valence electrons. The van der Waals surface area contributed by atoms with Crippen LogP contribution in [0.3, 0.4) is 0 Å². The van der Waals surface area contributed by atoms with Gasteiger partial charge in [-0.3, -0.25) is 9.59 Å². The van der Waals surface area contributed by atoms with Gasteiger partial charge < -0.3 is 4.90 Å². The van der Waals surface area contributed by atoms with Crippen LogP contribution in [0.25, 0.3) is 0 Å². The van der Waals surface area contributed by atoms with Gasteiger partial charge in [-0.2, -0.15) is 5.10 Å². The van der Waals surface area contributed by atoms with Gasteiger partial charge in [-0.25, -0.2) is 5.10 Å². The van der Waals surface area contributed by atoms with Crippen molar-refractivity contribution in [3.8, 4) is 0 Å². The minimum Gasteiger partial charge on any atom is -0.334 e. The number of H-pyrrole nitrogens is 1. The maximum Gasteiger partial charge on any atom is 0.264 e. The monoisotopic (exact) mass is 255 g/mol. The predicted octanol–water partition coefficient (Wildman–Crippen LogP) is 0.968. The smallest absolute Gasteiger partial charge is 0.264 e. The summed E-state index contributed by atoms with van der Waals surface area (Å²) in [4.78, 5) is 25.3. The number of carbonyl (C=O) groups is 1. The zero-order chi connectivity index (χ0) is 13.2. The Kier molecular flexibility index (Phi) is 2.87. The first-order valence-corrected chi connectivity index (χ1v) is 6.16. The number of carbonyl (C=O) groups excluding carboxylic acids is 1. The number of hydrogen-bond acceptors (Lipinski definition) is 3. The second-order valence-electron chi connectivity index (χ2n) is 4.55. The Morgan fingerprint density at radius 1 is 1.26 bits per heavy atom. The van der Waals surface area contributed by atoms with Crippen molar-refractivity contribution in [2.24, 2.45) is 0 Å². The minimum atomic E-state index is -0.229. The first kappa shape index (κ1) is 11.6. The van der Waals surface area contributed by atoms with Crippen molar-refractivity contribution in [1.29, 1.82) is 0 Å². The van der Waals surface area contributed by atoms with Crippen LogP contribution in [-0.4, -0.2) is 27.5 Å². The molecule has 0 bridgehead atoms. The molecule has 0 saturated carbocycles. The summed E-state index contributed by atoms with van der Waals surface area (Å²) in [5.74, 6) is -0.00784. The normalized spacial score (nSPS) is 14.0. The molecule has 5 nitrogen and oxygen atoms in total. The lowest BCUT2D eigenvalue weighted by molar-refractivity contribution is 0.0733. The van der Waals surface area contributed by atoms with Crippen LogP contribution in [0.4, 0.5) is 0 Å². The van der Waals surface area contributed by atoms with E-state index in [4.69, 9.17) is 0 Å². The Balaban J connectivity index is 1.86. The summed E-state index contributed by atoms with van der Waals surface area (Å²) in [7, 11) is 0. The number of fused-ring (bicyclic) bond motifs is 1. The molecule has 0 fully saturated rings. The molecule has 0 unspecified atom stereocenters. The van der Waals surface area contributed by atoms with Crippen LogP contribution in [0.2, 0.25) is 0 Å². The van der Waals surface area contributed by atoms with Crippen molar-refractivity contribution in [2.45, 2.75) is 13.0 Å². The van der Waals surface area contributed by atoms with Gasteiger partial charge in [0.2, 0.25) is 0 Å². The van der Waals surface area contributed by atoms with Crippen LogP contribution in [0.1, 0.15) is 21.6 Å². The van der Waals surface area contributed by atoms with Crippen molar-refractivity contribution in [2.75, 3.05) is 6.54 Å². The minimum absolute atomic E-state index is 0.00784. The molecule has 2 heterocycles. The highest BCUT2D eigenvalue weighted by molar-refractivity contribution is 5.94. The summed E-state index contributed by atoms with van der Waals surface area (Å²) in [6.07, 6.45) is 0.671. The number of nitrogens with zero attached hydrogens (tertiary/aromatic N) is 2. The lowest BCUT2D eigenvalue weighted by Gasteiger charge is -2.27. The second-order valence-corrected chi connectivity index (χ2v) is 4.55. The average Bonchev–Trinajstić information content (AvgIpc) is 2.46. The van der Waals surface area contributed by atoms with Crippen LogP contribution in [-0.2, 0) is 13.0 Å². The van der Waals surface area contributed by atoms with E-state index in [2.05, 4.69) is 10.2 Å². The Hall–Kier alpha value is -2.43. The standard InChI is InChI=1S/C14H13N3O2/c18-13-8-11-9-17(7-6-12(11)15-16-13)14(19)10-4-2-1-3-5-10/h1-5,8H,6-7,9H2,(H,16,18). The average molecular weight is 255 g/mol. The second kappa shape index (κ2) is 4.68. The van der Waals surface area contributed by atoms with Crippen molar-refractivity contribution >= 4 is 5.91 Å². The summed E-state index contributed by atoms with van der Waals surface area (Å²) in [5, 5.41) is 6.44. The highest BCUT2D eigenvalue weighted by atomic mass is 16.2. The van der Waals surface area contributed by atoms with Gasteiger partial charge in [0.15, 0.2) is 0 Å². The molecule has 2 aromatic rings. The molecule has 0 radical (unpaired) electrons. The number of amides is 1. The highest BCUT2D eigenvalue weighted by Gasteiger charge is 2.22.